The highest BCUT2D eigenvalue weighted by atomic mass is 16.5. The summed E-state index contributed by atoms with van der Waals surface area (Å²) in [4.78, 5) is 28.6. The Morgan fingerprint density at radius 1 is 1.29 bits per heavy atom. The van der Waals surface area contributed by atoms with Gasteiger partial charge in [0.25, 0.3) is 5.91 Å². The summed E-state index contributed by atoms with van der Waals surface area (Å²) in [5.41, 5.74) is 1.92. The summed E-state index contributed by atoms with van der Waals surface area (Å²) in [5, 5.41) is 3.59. The van der Waals surface area contributed by atoms with Gasteiger partial charge in [-0.15, -0.1) is 0 Å². The molecule has 1 atom stereocenters. The molecule has 0 radical (unpaired) electrons. The molecule has 3 heterocycles. The van der Waals surface area contributed by atoms with Gasteiger partial charge in [0.2, 0.25) is 11.7 Å². The largest absolute Gasteiger partial charge is 0.351 e. The first-order valence-corrected chi connectivity index (χ1v) is 8.13. The number of anilines is 1. The zero-order valence-corrected chi connectivity index (χ0v) is 13.6. The van der Waals surface area contributed by atoms with Crippen molar-refractivity contribution in [2.75, 3.05) is 24.5 Å². The van der Waals surface area contributed by atoms with Gasteiger partial charge < -0.3 is 14.3 Å². The zero-order valence-electron chi connectivity index (χ0n) is 13.6. The summed E-state index contributed by atoms with van der Waals surface area (Å²) in [5.74, 6) is 0.243. The highest BCUT2D eigenvalue weighted by Gasteiger charge is 2.49. The molecule has 1 aromatic carbocycles. The van der Waals surface area contributed by atoms with Gasteiger partial charge in [-0.05, 0) is 31.0 Å². The molecular weight excluding hydrogens is 306 g/mol. The van der Waals surface area contributed by atoms with Crippen LogP contribution in [0, 0.1) is 12.3 Å². The van der Waals surface area contributed by atoms with Crippen molar-refractivity contribution < 1.29 is 14.1 Å². The van der Waals surface area contributed by atoms with Gasteiger partial charge in [0.1, 0.15) is 0 Å². The average Bonchev–Trinajstić information content (AvgIpc) is 3.28. The van der Waals surface area contributed by atoms with Crippen LogP contribution in [0.4, 0.5) is 5.69 Å². The minimum Gasteiger partial charge on any atom is -0.351 e. The summed E-state index contributed by atoms with van der Waals surface area (Å²) < 4.78 is 4.96. The molecule has 2 saturated heterocycles. The van der Waals surface area contributed by atoms with Crippen molar-refractivity contribution >= 4 is 17.5 Å². The minimum absolute atomic E-state index is 0.134. The number of benzene rings is 1. The minimum atomic E-state index is -0.156. The number of carbonyl (C=O) groups is 2. The number of amides is 2. The summed E-state index contributed by atoms with van der Waals surface area (Å²) in [6.45, 7) is 3.91. The van der Waals surface area contributed by atoms with E-state index >= 15 is 0 Å². The van der Waals surface area contributed by atoms with E-state index in [2.05, 4.69) is 5.16 Å². The van der Waals surface area contributed by atoms with Crippen LogP contribution >= 0.6 is 0 Å². The van der Waals surface area contributed by atoms with Crippen LogP contribution in [0.25, 0.3) is 0 Å². The lowest BCUT2D eigenvalue weighted by molar-refractivity contribution is -0.117. The maximum Gasteiger partial charge on any atom is 0.292 e. The number of hydrogen-bond acceptors (Lipinski definition) is 4. The van der Waals surface area contributed by atoms with Crippen molar-refractivity contribution in [2.45, 2.75) is 19.8 Å². The van der Waals surface area contributed by atoms with Gasteiger partial charge in [-0.2, -0.15) is 0 Å². The molecule has 2 amide bonds. The SMILES string of the molecule is Cc1cccc(N2C[C@@]3(CCN(C(=O)c4ccno4)C3)CC2=O)c1. The van der Waals surface area contributed by atoms with Crippen LogP contribution in [0.2, 0.25) is 0 Å². The Hall–Kier alpha value is -2.63. The molecule has 0 saturated carbocycles. The average molecular weight is 325 g/mol. The second-order valence-electron chi connectivity index (χ2n) is 6.85. The highest BCUT2D eigenvalue weighted by Crippen LogP contribution is 2.42. The smallest absolute Gasteiger partial charge is 0.292 e. The summed E-state index contributed by atoms with van der Waals surface area (Å²) >= 11 is 0. The number of carbonyl (C=O) groups excluding carboxylic acids is 2. The fraction of sp³-hybridized carbons (Fsp3) is 0.389. The van der Waals surface area contributed by atoms with Crippen LogP contribution in [0.3, 0.4) is 0 Å². The number of likely N-dealkylation sites (tertiary alicyclic amines) is 1. The van der Waals surface area contributed by atoms with Crippen molar-refractivity contribution in [3.05, 3.63) is 47.9 Å². The lowest BCUT2D eigenvalue weighted by Gasteiger charge is -2.24. The molecule has 2 aromatic rings. The van der Waals surface area contributed by atoms with Crippen molar-refractivity contribution in [1.29, 1.82) is 0 Å². The molecule has 24 heavy (non-hydrogen) atoms. The molecular formula is C18H19N3O3. The van der Waals surface area contributed by atoms with E-state index in [1.54, 1.807) is 11.0 Å². The standard InChI is InChI=1S/C18H19N3O3/c1-13-3-2-4-14(9-13)21-12-18(10-16(21)22)6-8-20(11-18)17(23)15-5-7-19-24-15/h2-5,7,9H,6,8,10-12H2,1H3/t18-/m0/s1. The van der Waals surface area contributed by atoms with Gasteiger partial charge in [0, 0.05) is 43.2 Å². The maximum atomic E-state index is 12.5. The molecule has 1 aromatic heterocycles. The highest BCUT2D eigenvalue weighted by molar-refractivity contribution is 5.97. The second kappa shape index (κ2) is 5.47. The topological polar surface area (TPSA) is 66.7 Å². The fourth-order valence-corrected chi connectivity index (χ4v) is 3.79. The summed E-state index contributed by atoms with van der Waals surface area (Å²) in [6, 6.07) is 9.57. The van der Waals surface area contributed by atoms with Crippen molar-refractivity contribution in [3.63, 3.8) is 0 Å². The Morgan fingerprint density at radius 3 is 2.92 bits per heavy atom. The lowest BCUT2D eigenvalue weighted by atomic mass is 9.86. The van der Waals surface area contributed by atoms with Crippen molar-refractivity contribution in [2.24, 2.45) is 5.41 Å². The quantitative estimate of drug-likeness (QED) is 0.849. The molecule has 0 aliphatic carbocycles. The Balaban J connectivity index is 1.51. The number of nitrogens with zero attached hydrogens (tertiary/aromatic N) is 3. The first-order chi connectivity index (χ1) is 11.6. The van der Waals surface area contributed by atoms with Crippen LogP contribution in [0.15, 0.2) is 41.1 Å². The van der Waals surface area contributed by atoms with E-state index in [9.17, 15) is 9.59 Å². The third-order valence-corrected chi connectivity index (χ3v) is 5.01. The maximum absolute atomic E-state index is 12.5. The monoisotopic (exact) mass is 325 g/mol. The molecule has 0 unspecified atom stereocenters. The molecule has 2 aliphatic heterocycles. The van der Waals surface area contributed by atoms with E-state index < -0.39 is 0 Å². The van der Waals surface area contributed by atoms with Gasteiger partial charge in [-0.3, -0.25) is 9.59 Å². The second-order valence-corrected chi connectivity index (χ2v) is 6.85. The van der Waals surface area contributed by atoms with Gasteiger partial charge >= 0.3 is 0 Å². The van der Waals surface area contributed by atoms with E-state index in [0.29, 0.717) is 26.1 Å². The molecule has 6 heteroatoms. The Morgan fingerprint density at radius 2 is 2.17 bits per heavy atom. The van der Waals surface area contributed by atoms with Crippen LogP contribution < -0.4 is 4.90 Å². The van der Waals surface area contributed by atoms with Gasteiger partial charge in [-0.1, -0.05) is 17.3 Å². The molecule has 124 valence electrons. The normalized spacial score (nSPS) is 23.5. The first kappa shape index (κ1) is 14.9. The first-order valence-electron chi connectivity index (χ1n) is 8.13. The fourth-order valence-electron chi connectivity index (χ4n) is 3.79. The molecule has 4 rings (SSSR count). The van der Waals surface area contributed by atoms with E-state index in [4.69, 9.17) is 4.52 Å². The molecule has 0 bridgehead atoms. The third kappa shape index (κ3) is 2.48. The predicted molar refractivity (Wildman–Crippen MR) is 87.6 cm³/mol. The summed E-state index contributed by atoms with van der Waals surface area (Å²) in [6.07, 6.45) is 2.79. The van der Waals surface area contributed by atoms with Crippen LogP contribution in [0.5, 0.6) is 0 Å². The predicted octanol–water partition coefficient (Wildman–Crippen LogP) is 2.25. The third-order valence-electron chi connectivity index (χ3n) is 5.01. The Bertz CT molecular complexity index is 787. The van der Waals surface area contributed by atoms with Crippen LogP contribution in [-0.2, 0) is 4.79 Å². The zero-order chi connectivity index (χ0) is 16.7. The van der Waals surface area contributed by atoms with Gasteiger partial charge in [-0.25, -0.2) is 0 Å². The molecule has 0 N–H and O–H groups in total. The lowest BCUT2D eigenvalue weighted by Crippen LogP contribution is -2.34. The van der Waals surface area contributed by atoms with Crippen molar-refractivity contribution in [3.8, 4) is 0 Å². The van der Waals surface area contributed by atoms with E-state index in [1.807, 2.05) is 36.1 Å². The Labute approximate surface area is 140 Å². The molecule has 2 fully saturated rings. The van der Waals surface area contributed by atoms with Crippen LogP contribution in [-0.4, -0.2) is 41.5 Å². The number of hydrogen-bond donors (Lipinski definition) is 0. The number of rotatable bonds is 2. The van der Waals surface area contributed by atoms with Gasteiger partial charge in [0.15, 0.2) is 0 Å². The molecule has 1 spiro atoms. The van der Waals surface area contributed by atoms with Crippen molar-refractivity contribution in [1.82, 2.24) is 10.1 Å². The summed E-state index contributed by atoms with van der Waals surface area (Å²) in [7, 11) is 0. The van der Waals surface area contributed by atoms with E-state index in [-0.39, 0.29) is 23.0 Å². The van der Waals surface area contributed by atoms with E-state index in [1.165, 1.54) is 6.20 Å². The molecule has 6 nitrogen and oxygen atoms in total. The van der Waals surface area contributed by atoms with E-state index in [0.717, 1.165) is 17.7 Å². The number of aromatic nitrogens is 1. The van der Waals surface area contributed by atoms with Gasteiger partial charge in [0.05, 0.1) is 6.20 Å². The number of aryl methyl sites for hydroxylation is 1. The Kier molecular flexibility index (Phi) is 3.40. The molecule has 2 aliphatic rings. The van der Waals surface area contributed by atoms with Crippen LogP contribution in [0.1, 0.15) is 29.0 Å².